The molecule has 2 aliphatic heterocycles. The van der Waals surface area contributed by atoms with Gasteiger partial charge in [0.05, 0.1) is 0 Å². The standard InChI is InChI=1S/C19H27N3O2/c1-13(19(24)20-12-14-5-3-2-4-6-14)21-18(23)11-15-9-16-7-8-17(10-15)22-16/h2-6,13,15-17,22H,7-12H2,1H3,(H,20,24)(H,21,23). The number of benzene rings is 1. The minimum Gasteiger partial charge on any atom is -0.350 e. The molecule has 2 fully saturated rings. The molecule has 5 heteroatoms. The largest absolute Gasteiger partial charge is 0.350 e. The fraction of sp³-hybridized carbons (Fsp3) is 0.579. The number of carbonyl (C=O) groups is 2. The van der Waals surface area contributed by atoms with Crippen molar-refractivity contribution < 1.29 is 9.59 Å². The van der Waals surface area contributed by atoms with Crippen molar-refractivity contribution in [2.45, 2.75) is 63.7 Å². The molecule has 0 saturated carbocycles. The van der Waals surface area contributed by atoms with Gasteiger partial charge in [0.2, 0.25) is 11.8 Å². The van der Waals surface area contributed by atoms with Crippen molar-refractivity contribution in [2.24, 2.45) is 5.92 Å². The molecule has 3 atom stereocenters. The summed E-state index contributed by atoms with van der Waals surface area (Å²) >= 11 is 0. The van der Waals surface area contributed by atoms with Crippen molar-refractivity contribution in [1.29, 1.82) is 0 Å². The highest BCUT2D eigenvalue weighted by molar-refractivity contribution is 5.87. The van der Waals surface area contributed by atoms with Crippen LogP contribution < -0.4 is 16.0 Å². The molecule has 3 rings (SSSR count). The molecule has 2 heterocycles. The molecule has 0 aromatic heterocycles. The maximum atomic E-state index is 12.2. The summed E-state index contributed by atoms with van der Waals surface area (Å²) in [5, 5.41) is 9.30. The fourth-order valence-electron chi connectivity index (χ4n) is 3.91. The molecule has 2 saturated heterocycles. The number of nitrogens with one attached hydrogen (secondary N) is 3. The first-order chi connectivity index (χ1) is 11.6. The van der Waals surface area contributed by atoms with Crippen LogP contribution in [0.2, 0.25) is 0 Å². The van der Waals surface area contributed by atoms with E-state index < -0.39 is 6.04 Å². The maximum Gasteiger partial charge on any atom is 0.242 e. The summed E-state index contributed by atoms with van der Waals surface area (Å²) < 4.78 is 0. The van der Waals surface area contributed by atoms with Gasteiger partial charge in [-0.05, 0) is 44.1 Å². The van der Waals surface area contributed by atoms with Crippen LogP contribution in [0, 0.1) is 5.92 Å². The minimum absolute atomic E-state index is 0.0105. The van der Waals surface area contributed by atoms with Crippen molar-refractivity contribution in [3.63, 3.8) is 0 Å². The van der Waals surface area contributed by atoms with Crippen molar-refractivity contribution in [2.75, 3.05) is 0 Å². The Morgan fingerprint density at radius 2 is 1.83 bits per heavy atom. The van der Waals surface area contributed by atoms with E-state index in [1.165, 1.54) is 12.8 Å². The topological polar surface area (TPSA) is 70.2 Å². The van der Waals surface area contributed by atoms with Gasteiger partial charge in [-0.25, -0.2) is 0 Å². The Hall–Kier alpha value is -1.88. The van der Waals surface area contributed by atoms with E-state index in [-0.39, 0.29) is 11.8 Å². The molecule has 2 amide bonds. The van der Waals surface area contributed by atoms with Gasteiger partial charge in [0, 0.05) is 25.0 Å². The third kappa shape index (κ3) is 4.57. The van der Waals surface area contributed by atoms with Crippen LogP contribution in [0.25, 0.3) is 0 Å². The lowest BCUT2D eigenvalue weighted by atomic mass is 9.89. The lowest BCUT2D eigenvalue weighted by Gasteiger charge is -2.29. The van der Waals surface area contributed by atoms with Crippen LogP contribution in [-0.4, -0.2) is 29.9 Å². The van der Waals surface area contributed by atoms with Gasteiger partial charge in [0.15, 0.2) is 0 Å². The minimum atomic E-state index is -0.500. The molecule has 0 aliphatic carbocycles. The summed E-state index contributed by atoms with van der Waals surface area (Å²) in [6.07, 6.45) is 5.17. The number of amides is 2. The average Bonchev–Trinajstić information content (AvgIpc) is 2.92. The van der Waals surface area contributed by atoms with E-state index in [4.69, 9.17) is 0 Å². The van der Waals surface area contributed by atoms with Gasteiger partial charge in [-0.1, -0.05) is 30.3 Å². The number of rotatable bonds is 6. The molecule has 0 spiro atoms. The molecule has 3 N–H and O–H groups in total. The number of fused-ring (bicyclic) bond motifs is 2. The normalized spacial score (nSPS) is 26.6. The second-order valence-electron chi connectivity index (χ2n) is 7.17. The molecule has 2 bridgehead atoms. The van der Waals surface area contributed by atoms with Crippen LogP contribution in [0.5, 0.6) is 0 Å². The number of hydrogen-bond acceptors (Lipinski definition) is 3. The van der Waals surface area contributed by atoms with Crippen LogP contribution in [0.1, 0.15) is 44.6 Å². The third-order valence-corrected chi connectivity index (χ3v) is 5.13. The van der Waals surface area contributed by atoms with Gasteiger partial charge in [-0.15, -0.1) is 0 Å². The number of carbonyl (C=O) groups excluding carboxylic acids is 2. The molecule has 5 nitrogen and oxygen atoms in total. The Bertz CT molecular complexity index is 563. The Morgan fingerprint density at radius 3 is 2.50 bits per heavy atom. The predicted molar refractivity (Wildman–Crippen MR) is 93.2 cm³/mol. The Labute approximate surface area is 143 Å². The Kier molecular flexibility index (Phi) is 5.51. The number of hydrogen-bond donors (Lipinski definition) is 3. The first-order valence-electron chi connectivity index (χ1n) is 8.97. The molecule has 3 unspecified atom stereocenters. The lowest BCUT2D eigenvalue weighted by molar-refractivity contribution is -0.129. The zero-order chi connectivity index (χ0) is 16.9. The zero-order valence-corrected chi connectivity index (χ0v) is 14.3. The number of piperidine rings is 1. The van der Waals surface area contributed by atoms with Crippen molar-refractivity contribution in [1.82, 2.24) is 16.0 Å². The smallest absolute Gasteiger partial charge is 0.242 e. The van der Waals surface area contributed by atoms with E-state index in [9.17, 15) is 9.59 Å². The molecule has 1 aromatic rings. The summed E-state index contributed by atoms with van der Waals surface area (Å²) in [6.45, 7) is 2.22. The molecule has 1 aromatic carbocycles. The van der Waals surface area contributed by atoms with Crippen LogP contribution in [0.4, 0.5) is 0 Å². The van der Waals surface area contributed by atoms with E-state index in [0.29, 0.717) is 31.0 Å². The van der Waals surface area contributed by atoms with Gasteiger partial charge < -0.3 is 16.0 Å². The van der Waals surface area contributed by atoms with E-state index in [0.717, 1.165) is 18.4 Å². The van der Waals surface area contributed by atoms with Crippen molar-refractivity contribution >= 4 is 11.8 Å². The molecule has 0 radical (unpaired) electrons. The summed E-state index contributed by atoms with van der Waals surface area (Å²) in [5.74, 6) is 0.296. The third-order valence-electron chi connectivity index (χ3n) is 5.13. The van der Waals surface area contributed by atoms with Gasteiger partial charge >= 0.3 is 0 Å². The lowest BCUT2D eigenvalue weighted by Crippen LogP contribution is -2.46. The van der Waals surface area contributed by atoms with Crippen molar-refractivity contribution in [3.8, 4) is 0 Å². The van der Waals surface area contributed by atoms with Gasteiger partial charge in [0.25, 0.3) is 0 Å². The fourth-order valence-corrected chi connectivity index (χ4v) is 3.91. The van der Waals surface area contributed by atoms with E-state index in [2.05, 4.69) is 16.0 Å². The van der Waals surface area contributed by atoms with Crippen LogP contribution >= 0.6 is 0 Å². The summed E-state index contributed by atoms with van der Waals surface area (Å²) in [5.41, 5.74) is 1.05. The monoisotopic (exact) mass is 329 g/mol. The van der Waals surface area contributed by atoms with Crippen LogP contribution in [-0.2, 0) is 16.1 Å². The van der Waals surface area contributed by atoms with E-state index >= 15 is 0 Å². The predicted octanol–water partition coefficient (Wildman–Crippen LogP) is 1.73. The Morgan fingerprint density at radius 1 is 1.17 bits per heavy atom. The molecule has 24 heavy (non-hydrogen) atoms. The average molecular weight is 329 g/mol. The highest BCUT2D eigenvalue weighted by Gasteiger charge is 2.34. The second-order valence-corrected chi connectivity index (χ2v) is 7.17. The first kappa shape index (κ1) is 17.0. The van der Waals surface area contributed by atoms with E-state index in [1.54, 1.807) is 6.92 Å². The van der Waals surface area contributed by atoms with Gasteiger partial charge in [-0.2, -0.15) is 0 Å². The summed E-state index contributed by atoms with van der Waals surface area (Å²) in [6, 6.07) is 10.4. The van der Waals surface area contributed by atoms with Crippen LogP contribution in [0.15, 0.2) is 30.3 Å². The van der Waals surface area contributed by atoms with Crippen molar-refractivity contribution in [3.05, 3.63) is 35.9 Å². The molecular weight excluding hydrogens is 302 g/mol. The molecule has 2 aliphatic rings. The second kappa shape index (κ2) is 7.79. The quantitative estimate of drug-likeness (QED) is 0.744. The molecular formula is C19H27N3O2. The SMILES string of the molecule is CC(NC(=O)CC1CC2CCC(C1)N2)C(=O)NCc1ccccc1. The molecule has 130 valence electrons. The summed E-state index contributed by atoms with van der Waals surface area (Å²) in [4.78, 5) is 24.3. The van der Waals surface area contributed by atoms with E-state index in [1.807, 2.05) is 30.3 Å². The highest BCUT2D eigenvalue weighted by Crippen LogP contribution is 2.32. The Balaban J connectivity index is 1.39. The maximum absolute atomic E-state index is 12.2. The van der Waals surface area contributed by atoms with Gasteiger partial charge in [-0.3, -0.25) is 9.59 Å². The van der Waals surface area contributed by atoms with Gasteiger partial charge in [0.1, 0.15) is 6.04 Å². The summed E-state index contributed by atoms with van der Waals surface area (Å²) in [7, 11) is 0. The van der Waals surface area contributed by atoms with Crippen LogP contribution in [0.3, 0.4) is 0 Å². The highest BCUT2D eigenvalue weighted by atomic mass is 16.2. The zero-order valence-electron chi connectivity index (χ0n) is 14.3. The first-order valence-corrected chi connectivity index (χ1v) is 8.97.